The zero-order chi connectivity index (χ0) is 17.5. The molecule has 0 aliphatic carbocycles. The Hall–Kier alpha value is -2.82. The highest BCUT2D eigenvalue weighted by atomic mass is 16.6. The monoisotopic (exact) mass is 338 g/mol. The number of hydrogen-bond donors (Lipinski definition) is 1. The molecule has 2 aromatic rings. The molecule has 1 aliphatic rings. The Morgan fingerprint density at radius 2 is 1.72 bits per heavy atom. The Morgan fingerprint density at radius 3 is 2.44 bits per heavy atom. The van der Waals surface area contributed by atoms with E-state index in [0.717, 1.165) is 24.1 Å². The maximum absolute atomic E-state index is 12.4. The van der Waals surface area contributed by atoms with E-state index >= 15 is 0 Å². The molecule has 0 saturated carbocycles. The highest BCUT2D eigenvalue weighted by Gasteiger charge is 2.29. The van der Waals surface area contributed by atoms with Crippen LogP contribution in [-0.2, 0) is 16.1 Å². The molecule has 0 radical (unpaired) electrons. The molecule has 3 rings (SSSR count). The van der Waals surface area contributed by atoms with E-state index in [1.54, 1.807) is 4.90 Å². The third-order valence-electron chi connectivity index (χ3n) is 4.30. The van der Waals surface area contributed by atoms with Gasteiger partial charge in [-0.25, -0.2) is 4.79 Å². The second-order valence-electron chi connectivity index (χ2n) is 6.18. The molecule has 0 spiro atoms. The first-order valence-corrected chi connectivity index (χ1v) is 8.54. The molecule has 1 aliphatic heterocycles. The standard InChI is InChI=1S/C20H22N2O3/c23-19(21-18-11-5-2-6-12-18)17-10-7-13-22(14-17)20(24)25-15-16-8-3-1-4-9-16/h1-6,8-9,11-12,17H,7,10,13-15H2,(H,21,23). The normalized spacial score (nSPS) is 17.0. The minimum atomic E-state index is -0.360. The van der Waals surface area contributed by atoms with Gasteiger partial charge in [0.1, 0.15) is 6.61 Å². The number of ether oxygens (including phenoxy) is 1. The summed E-state index contributed by atoms with van der Waals surface area (Å²) in [4.78, 5) is 26.3. The number of carbonyl (C=O) groups is 2. The first kappa shape index (κ1) is 17.0. The lowest BCUT2D eigenvalue weighted by atomic mass is 9.97. The summed E-state index contributed by atoms with van der Waals surface area (Å²) in [5, 5.41) is 2.91. The van der Waals surface area contributed by atoms with Crippen LogP contribution < -0.4 is 5.32 Å². The first-order chi connectivity index (χ1) is 12.2. The van der Waals surface area contributed by atoms with Crippen LogP contribution in [0.4, 0.5) is 10.5 Å². The summed E-state index contributed by atoms with van der Waals surface area (Å²) in [5.41, 5.74) is 1.72. The van der Waals surface area contributed by atoms with Gasteiger partial charge in [-0.2, -0.15) is 0 Å². The van der Waals surface area contributed by atoms with Crippen LogP contribution in [0.3, 0.4) is 0 Å². The Morgan fingerprint density at radius 1 is 1.04 bits per heavy atom. The van der Waals surface area contributed by atoms with Crippen molar-refractivity contribution in [1.29, 1.82) is 0 Å². The van der Waals surface area contributed by atoms with Gasteiger partial charge in [0.15, 0.2) is 0 Å². The van der Waals surface area contributed by atoms with Crippen molar-refractivity contribution in [1.82, 2.24) is 4.90 Å². The fourth-order valence-electron chi connectivity index (χ4n) is 2.93. The van der Waals surface area contributed by atoms with Crippen molar-refractivity contribution < 1.29 is 14.3 Å². The number of hydrogen-bond acceptors (Lipinski definition) is 3. The van der Waals surface area contributed by atoms with Crippen LogP contribution in [0, 0.1) is 5.92 Å². The predicted molar refractivity (Wildman–Crippen MR) is 96.0 cm³/mol. The summed E-state index contributed by atoms with van der Waals surface area (Å²) in [5.74, 6) is -0.259. The first-order valence-electron chi connectivity index (χ1n) is 8.54. The van der Waals surface area contributed by atoms with E-state index in [2.05, 4.69) is 5.32 Å². The number of nitrogens with zero attached hydrogens (tertiary/aromatic N) is 1. The molecule has 0 aromatic heterocycles. The summed E-state index contributed by atoms with van der Waals surface area (Å²) in [6.45, 7) is 1.27. The molecular formula is C20H22N2O3. The van der Waals surface area contributed by atoms with E-state index in [1.165, 1.54) is 0 Å². The summed E-state index contributed by atoms with van der Waals surface area (Å²) < 4.78 is 5.37. The number of nitrogens with one attached hydrogen (secondary N) is 1. The number of carbonyl (C=O) groups excluding carboxylic acids is 2. The molecule has 5 nitrogen and oxygen atoms in total. The Labute approximate surface area is 147 Å². The van der Waals surface area contributed by atoms with Crippen LogP contribution >= 0.6 is 0 Å². The lowest BCUT2D eigenvalue weighted by molar-refractivity contribution is -0.121. The lowest BCUT2D eigenvalue weighted by Crippen LogP contribution is -2.43. The number of piperidine rings is 1. The average molecular weight is 338 g/mol. The summed E-state index contributed by atoms with van der Waals surface area (Å²) in [7, 11) is 0. The molecule has 1 N–H and O–H groups in total. The molecule has 1 atom stereocenters. The van der Waals surface area contributed by atoms with Gasteiger partial charge in [0.25, 0.3) is 0 Å². The highest BCUT2D eigenvalue weighted by Crippen LogP contribution is 2.19. The van der Waals surface area contributed by atoms with Crippen molar-refractivity contribution in [2.75, 3.05) is 18.4 Å². The lowest BCUT2D eigenvalue weighted by Gasteiger charge is -2.31. The number of benzene rings is 2. The van der Waals surface area contributed by atoms with Crippen LogP contribution in [0.2, 0.25) is 0 Å². The molecule has 1 unspecified atom stereocenters. The molecule has 1 fully saturated rings. The molecule has 1 saturated heterocycles. The highest BCUT2D eigenvalue weighted by molar-refractivity contribution is 5.93. The van der Waals surface area contributed by atoms with Crippen LogP contribution in [0.25, 0.3) is 0 Å². The van der Waals surface area contributed by atoms with Gasteiger partial charge >= 0.3 is 6.09 Å². The van der Waals surface area contributed by atoms with Gasteiger partial charge in [-0.1, -0.05) is 48.5 Å². The molecule has 130 valence electrons. The fourth-order valence-corrected chi connectivity index (χ4v) is 2.93. The van der Waals surface area contributed by atoms with Crippen molar-refractivity contribution in [2.45, 2.75) is 19.4 Å². The molecule has 1 heterocycles. The summed E-state index contributed by atoms with van der Waals surface area (Å²) in [6, 6.07) is 18.9. The quantitative estimate of drug-likeness (QED) is 0.925. The van der Waals surface area contributed by atoms with E-state index in [0.29, 0.717) is 13.1 Å². The minimum Gasteiger partial charge on any atom is -0.445 e. The number of amides is 2. The van der Waals surface area contributed by atoms with Gasteiger partial charge in [-0.15, -0.1) is 0 Å². The smallest absolute Gasteiger partial charge is 0.410 e. The SMILES string of the molecule is O=C(Nc1ccccc1)C1CCCN(C(=O)OCc2ccccc2)C1. The fraction of sp³-hybridized carbons (Fsp3) is 0.300. The maximum atomic E-state index is 12.4. The van der Waals surface area contributed by atoms with E-state index in [-0.39, 0.29) is 24.5 Å². The Balaban J connectivity index is 1.51. The molecule has 5 heteroatoms. The van der Waals surface area contributed by atoms with Crippen molar-refractivity contribution in [3.63, 3.8) is 0 Å². The van der Waals surface area contributed by atoms with Crippen molar-refractivity contribution in [3.8, 4) is 0 Å². The Bertz CT molecular complexity index is 703. The van der Waals surface area contributed by atoms with Gasteiger partial charge in [-0.3, -0.25) is 4.79 Å². The van der Waals surface area contributed by atoms with Gasteiger partial charge in [-0.05, 0) is 30.5 Å². The molecule has 2 aromatic carbocycles. The van der Waals surface area contributed by atoms with Crippen molar-refractivity contribution >= 4 is 17.7 Å². The Kier molecular flexibility index (Phi) is 5.67. The zero-order valence-corrected chi connectivity index (χ0v) is 14.1. The summed E-state index contributed by atoms with van der Waals surface area (Å²) >= 11 is 0. The van der Waals surface area contributed by atoms with E-state index < -0.39 is 0 Å². The van der Waals surface area contributed by atoms with Crippen molar-refractivity contribution in [3.05, 3.63) is 66.2 Å². The van der Waals surface area contributed by atoms with Crippen LogP contribution in [0.1, 0.15) is 18.4 Å². The maximum Gasteiger partial charge on any atom is 0.410 e. The number of anilines is 1. The van der Waals surface area contributed by atoms with Gasteiger partial charge in [0.05, 0.1) is 5.92 Å². The largest absolute Gasteiger partial charge is 0.445 e. The molecular weight excluding hydrogens is 316 g/mol. The van der Waals surface area contributed by atoms with E-state index in [4.69, 9.17) is 4.74 Å². The average Bonchev–Trinajstić information content (AvgIpc) is 2.68. The summed E-state index contributed by atoms with van der Waals surface area (Å²) in [6.07, 6.45) is 1.22. The zero-order valence-electron chi connectivity index (χ0n) is 14.1. The van der Waals surface area contributed by atoms with Gasteiger partial charge in [0, 0.05) is 18.8 Å². The van der Waals surface area contributed by atoms with Gasteiger partial charge < -0.3 is 15.0 Å². The van der Waals surface area contributed by atoms with E-state index in [9.17, 15) is 9.59 Å². The topological polar surface area (TPSA) is 58.6 Å². The van der Waals surface area contributed by atoms with Crippen molar-refractivity contribution in [2.24, 2.45) is 5.92 Å². The number of para-hydroxylation sites is 1. The number of rotatable bonds is 4. The second kappa shape index (κ2) is 8.33. The third-order valence-corrected chi connectivity index (χ3v) is 4.30. The van der Waals surface area contributed by atoms with Gasteiger partial charge in [0.2, 0.25) is 5.91 Å². The molecule has 25 heavy (non-hydrogen) atoms. The van der Waals surface area contributed by atoms with Crippen LogP contribution in [-0.4, -0.2) is 30.0 Å². The van der Waals surface area contributed by atoms with E-state index in [1.807, 2.05) is 60.7 Å². The third kappa shape index (κ3) is 4.83. The predicted octanol–water partition coefficient (Wildman–Crippen LogP) is 3.67. The molecule has 2 amide bonds. The minimum absolute atomic E-state index is 0.0493. The number of likely N-dealkylation sites (tertiary alicyclic amines) is 1. The van der Waals surface area contributed by atoms with Crippen LogP contribution in [0.15, 0.2) is 60.7 Å². The van der Waals surface area contributed by atoms with Crippen LogP contribution in [0.5, 0.6) is 0 Å². The second-order valence-corrected chi connectivity index (χ2v) is 6.18. The molecule has 0 bridgehead atoms.